The fourth-order valence-electron chi connectivity index (χ4n) is 3.58. The summed E-state index contributed by atoms with van der Waals surface area (Å²) in [6.45, 7) is 6.50. The van der Waals surface area contributed by atoms with Crippen LogP contribution in [0.1, 0.15) is 54.4 Å². The maximum Gasteiger partial charge on any atom is 0.272 e. The number of piperidine rings is 1. The van der Waals surface area contributed by atoms with Crippen LogP contribution < -0.4 is 5.32 Å². The normalized spacial score (nSPS) is 15.0. The molecular formula is C22H30N4O. The van der Waals surface area contributed by atoms with Crippen LogP contribution in [0.3, 0.4) is 0 Å². The van der Waals surface area contributed by atoms with Crippen LogP contribution in [0.4, 0.5) is 5.95 Å². The predicted molar refractivity (Wildman–Crippen MR) is 109 cm³/mol. The fraction of sp³-hybridized carbons (Fsp3) is 0.500. The minimum Gasteiger partial charge on any atom is -0.354 e. The molecule has 0 unspecified atom stereocenters. The summed E-state index contributed by atoms with van der Waals surface area (Å²) in [7, 11) is 0. The molecule has 1 N–H and O–H groups in total. The summed E-state index contributed by atoms with van der Waals surface area (Å²) < 4.78 is 0. The van der Waals surface area contributed by atoms with Gasteiger partial charge in [-0.05, 0) is 50.2 Å². The van der Waals surface area contributed by atoms with Gasteiger partial charge >= 0.3 is 0 Å². The highest BCUT2D eigenvalue weighted by molar-refractivity contribution is 5.92. The van der Waals surface area contributed by atoms with Crippen LogP contribution in [0.2, 0.25) is 0 Å². The number of likely N-dealkylation sites (tertiary alicyclic amines) is 1. The Morgan fingerprint density at radius 3 is 2.63 bits per heavy atom. The first-order valence-electron chi connectivity index (χ1n) is 10.1. The molecule has 2 heterocycles. The van der Waals surface area contributed by atoms with Crippen LogP contribution in [-0.4, -0.2) is 40.4 Å². The number of benzene rings is 1. The minimum absolute atomic E-state index is 0.0252. The van der Waals surface area contributed by atoms with Crippen molar-refractivity contribution in [2.75, 3.05) is 25.0 Å². The van der Waals surface area contributed by atoms with Crippen molar-refractivity contribution in [3.05, 3.63) is 53.3 Å². The Labute approximate surface area is 162 Å². The van der Waals surface area contributed by atoms with Crippen LogP contribution in [-0.2, 0) is 6.42 Å². The second-order valence-electron chi connectivity index (χ2n) is 7.42. The van der Waals surface area contributed by atoms with E-state index in [1.165, 1.54) is 5.56 Å². The van der Waals surface area contributed by atoms with E-state index in [1.54, 1.807) is 6.07 Å². The summed E-state index contributed by atoms with van der Waals surface area (Å²) in [6.07, 6.45) is 5.37. The summed E-state index contributed by atoms with van der Waals surface area (Å²) in [6, 6.07) is 12.4. The molecule has 1 aliphatic rings. The number of aryl methyl sites for hydroxylation is 1. The average Bonchev–Trinajstić information content (AvgIpc) is 2.69. The Hall–Kier alpha value is -2.43. The van der Waals surface area contributed by atoms with Gasteiger partial charge in [0, 0.05) is 25.3 Å². The number of aromatic nitrogens is 2. The lowest BCUT2D eigenvalue weighted by atomic mass is 9.90. The molecule has 0 spiro atoms. The van der Waals surface area contributed by atoms with E-state index in [1.807, 2.05) is 11.8 Å². The molecule has 3 rings (SSSR count). The van der Waals surface area contributed by atoms with Crippen LogP contribution in [0.15, 0.2) is 36.4 Å². The summed E-state index contributed by atoms with van der Waals surface area (Å²) in [4.78, 5) is 23.7. The van der Waals surface area contributed by atoms with Crippen molar-refractivity contribution in [1.29, 1.82) is 0 Å². The van der Waals surface area contributed by atoms with E-state index in [2.05, 4.69) is 52.5 Å². The number of nitrogens with one attached hydrogen (secondary N) is 1. The number of anilines is 1. The summed E-state index contributed by atoms with van der Waals surface area (Å²) in [5, 5.41) is 3.23. The van der Waals surface area contributed by atoms with Gasteiger partial charge in [-0.15, -0.1) is 0 Å². The molecule has 1 fully saturated rings. The molecule has 1 aromatic heterocycles. The summed E-state index contributed by atoms with van der Waals surface area (Å²) in [5.41, 5.74) is 2.71. The number of carbonyl (C=O) groups is 1. The third-order valence-electron chi connectivity index (χ3n) is 5.16. The number of hydrogen-bond donors (Lipinski definition) is 1. The van der Waals surface area contributed by atoms with Gasteiger partial charge in [-0.1, -0.05) is 43.7 Å². The molecule has 2 aromatic rings. The van der Waals surface area contributed by atoms with Crippen molar-refractivity contribution in [2.24, 2.45) is 5.92 Å². The van der Waals surface area contributed by atoms with Crippen molar-refractivity contribution in [3.63, 3.8) is 0 Å². The largest absolute Gasteiger partial charge is 0.354 e. The Morgan fingerprint density at radius 2 is 1.93 bits per heavy atom. The van der Waals surface area contributed by atoms with Gasteiger partial charge < -0.3 is 10.2 Å². The molecule has 0 atom stereocenters. The number of unbranched alkanes of at least 4 members (excludes halogenated alkanes) is 1. The highest BCUT2D eigenvalue weighted by Gasteiger charge is 2.25. The van der Waals surface area contributed by atoms with Gasteiger partial charge in [0.25, 0.3) is 5.91 Å². The topological polar surface area (TPSA) is 58.1 Å². The van der Waals surface area contributed by atoms with Crippen molar-refractivity contribution in [2.45, 2.75) is 46.0 Å². The van der Waals surface area contributed by atoms with Gasteiger partial charge in [-0.25, -0.2) is 9.97 Å². The van der Waals surface area contributed by atoms with E-state index in [-0.39, 0.29) is 5.91 Å². The van der Waals surface area contributed by atoms with Crippen molar-refractivity contribution in [1.82, 2.24) is 14.9 Å². The van der Waals surface area contributed by atoms with Gasteiger partial charge in [-0.2, -0.15) is 0 Å². The molecule has 0 radical (unpaired) electrons. The monoisotopic (exact) mass is 366 g/mol. The Bertz CT molecular complexity index is 739. The van der Waals surface area contributed by atoms with Crippen LogP contribution in [0.25, 0.3) is 0 Å². The molecule has 1 amide bonds. The SMILES string of the molecule is CCCCNc1nc(C)cc(C(=O)N2CCC(Cc3ccccc3)CC2)n1. The van der Waals surface area contributed by atoms with Gasteiger partial charge in [0.15, 0.2) is 0 Å². The molecule has 144 valence electrons. The molecule has 27 heavy (non-hydrogen) atoms. The molecule has 5 heteroatoms. The first kappa shape index (κ1) is 19.3. The first-order chi connectivity index (χ1) is 13.2. The zero-order chi connectivity index (χ0) is 19.1. The van der Waals surface area contributed by atoms with Crippen LogP contribution in [0, 0.1) is 12.8 Å². The standard InChI is InChI=1S/C22H30N4O/c1-3-4-12-23-22-24-17(2)15-20(25-22)21(27)26-13-10-19(11-14-26)16-18-8-6-5-7-9-18/h5-9,15,19H,3-4,10-14,16H2,1-2H3,(H,23,24,25). The first-order valence-corrected chi connectivity index (χ1v) is 10.1. The smallest absolute Gasteiger partial charge is 0.272 e. The molecule has 0 aliphatic carbocycles. The molecule has 0 bridgehead atoms. The number of nitrogens with zero attached hydrogens (tertiary/aromatic N) is 3. The molecule has 0 saturated carbocycles. The predicted octanol–water partition coefficient (Wildman–Crippen LogP) is 4.09. The number of hydrogen-bond acceptors (Lipinski definition) is 4. The number of amides is 1. The van der Waals surface area contributed by atoms with E-state index >= 15 is 0 Å². The molecule has 1 saturated heterocycles. The van der Waals surface area contributed by atoms with Crippen LogP contribution in [0.5, 0.6) is 0 Å². The Balaban J connectivity index is 1.57. The number of carbonyl (C=O) groups excluding carboxylic acids is 1. The van der Waals surface area contributed by atoms with Crippen molar-refractivity contribution >= 4 is 11.9 Å². The average molecular weight is 367 g/mol. The fourth-order valence-corrected chi connectivity index (χ4v) is 3.58. The lowest BCUT2D eigenvalue weighted by molar-refractivity contribution is 0.0684. The second-order valence-corrected chi connectivity index (χ2v) is 7.42. The number of rotatable bonds is 7. The maximum absolute atomic E-state index is 12.9. The van der Waals surface area contributed by atoms with E-state index in [9.17, 15) is 4.79 Å². The highest BCUT2D eigenvalue weighted by Crippen LogP contribution is 2.23. The van der Waals surface area contributed by atoms with E-state index in [0.29, 0.717) is 17.6 Å². The van der Waals surface area contributed by atoms with Gasteiger partial charge in [0.05, 0.1) is 0 Å². The Kier molecular flexibility index (Phi) is 6.80. The highest BCUT2D eigenvalue weighted by atomic mass is 16.2. The molecular weight excluding hydrogens is 336 g/mol. The summed E-state index contributed by atoms with van der Waals surface area (Å²) in [5.74, 6) is 1.23. The summed E-state index contributed by atoms with van der Waals surface area (Å²) >= 11 is 0. The van der Waals surface area contributed by atoms with E-state index in [0.717, 1.165) is 57.4 Å². The second kappa shape index (κ2) is 9.49. The van der Waals surface area contributed by atoms with E-state index in [4.69, 9.17) is 0 Å². The lowest BCUT2D eigenvalue weighted by Gasteiger charge is -2.32. The van der Waals surface area contributed by atoms with Gasteiger partial charge in [0.2, 0.25) is 5.95 Å². The van der Waals surface area contributed by atoms with Crippen molar-refractivity contribution in [3.8, 4) is 0 Å². The lowest BCUT2D eigenvalue weighted by Crippen LogP contribution is -2.39. The third kappa shape index (κ3) is 5.52. The zero-order valence-electron chi connectivity index (χ0n) is 16.4. The third-order valence-corrected chi connectivity index (χ3v) is 5.16. The zero-order valence-corrected chi connectivity index (χ0v) is 16.4. The van der Waals surface area contributed by atoms with Crippen molar-refractivity contribution < 1.29 is 4.79 Å². The van der Waals surface area contributed by atoms with Crippen LogP contribution >= 0.6 is 0 Å². The molecule has 5 nitrogen and oxygen atoms in total. The maximum atomic E-state index is 12.9. The van der Waals surface area contributed by atoms with Gasteiger partial charge in [-0.3, -0.25) is 4.79 Å². The van der Waals surface area contributed by atoms with E-state index < -0.39 is 0 Å². The van der Waals surface area contributed by atoms with Gasteiger partial charge in [0.1, 0.15) is 5.69 Å². The molecule has 1 aromatic carbocycles. The quantitative estimate of drug-likeness (QED) is 0.750. The minimum atomic E-state index is 0.0252. The Morgan fingerprint density at radius 1 is 1.19 bits per heavy atom. The molecule has 1 aliphatic heterocycles.